The third kappa shape index (κ3) is 4.80. The first-order chi connectivity index (χ1) is 11.4. The fourth-order valence-corrected chi connectivity index (χ4v) is 3.94. The lowest BCUT2D eigenvalue weighted by Gasteiger charge is -2.16. The maximum atomic E-state index is 12.6. The van der Waals surface area contributed by atoms with Gasteiger partial charge in [-0.15, -0.1) is 0 Å². The number of benzene rings is 2. The molecule has 0 fully saturated rings. The Labute approximate surface area is 150 Å². The molecular formula is C19H22ClO3P. The highest BCUT2D eigenvalue weighted by Crippen LogP contribution is 2.29. The summed E-state index contributed by atoms with van der Waals surface area (Å²) in [6.07, 6.45) is -0.296. The summed E-state index contributed by atoms with van der Waals surface area (Å²) in [4.78, 5) is 12.6. The molecule has 24 heavy (non-hydrogen) atoms. The van der Waals surface area contributed by atoms with Gasteiger partial charge in [0.05, 0.1) is 5.02 Å². The molecule has 5 heteroatoms. The van der Waals surface area contributed by atoms with Crippen LogP contribution in [0, 0.1) is 13.8 Å². The Balaban J connectivity index is 2.14. The van der Waals surface area contributed by atoms with Gasteiger partial charge in [-0.3, -0.25) is 4.79 Å². The molecule has 0 saturated heterocycles. The molecule has 0 bridgehead atoms. The quantitative estimate of drug-likeness (QED) is 0.519. The first kappa shape index (κ1) is 18.9. The molecular weight excluding hydrogens is 343 g/mol. The molecule has 0 aromatic heterocycles. The third-order valence-electron chi connectivity index (χ3n) is 3.60. The van der Waals surface area contributed by atoms with Gasteiger partial charge in [0.25, 0.3) is 0 Å². The van der Waals surface area contributed by atoms with E-state index >= 15 is 0 Å². The number of halogens is 1. The minimum atomic E-state index is -0.296. The van der Waals surface area contributed by atoms with Crippen molar-refractivity contribution in [2.45, 2.75) is 34.0 Å². The van der Waals surface area contributed by atoms with Crippen molar-refractivity contribution in [3.8, 4) is 5.75 Å². The lowest BCUT2D eigenvalue weighted by atomic mass is 10.1. The average molecular weight is 365 g/mol. The van der Waals surface area contributed by atoms with Crippen molar-refractivity contribution in [3.63, 3.8) is 0 Å². The Hall–Kier alpha value is -1.41. The summed E-state index contributed by atoms with van der Waals surface area (Å²) in [6.45, 7) is 8.27. The van der Waals surface area contributed by atoms with Crippen LogP contribution in [-0.2, 0) is 4.74 Å². The van der Waals surface area contributed by atoms with Crippen molar-refractivity contribution in [3.05, 3.63) is 58.1 Å². The highest BCUT2D eigenvalue weighted by atomic mass is 35.5. The summed E-state index contributed by atoms with van der Waals surface area (Å²) in [5, 5.41) is 1.51. The highest BCUT2D eigenvalue weighted by molar-refractivity contribution is 7.66. The number of rotatable bonds is 7. The minimum absolute atomic E-state index is 0.0298. The van der Waals surface area contributed by atoms with Crippen LogP contribution in [0.25, 0.3) is 0 Å². The van der Waals surface area contributed by atoms with Crippen LogP contribution in [0.5, 0.6) is 5.75 Å². The van der Waals surface area contributed by atoms with Crippen molar-refractivity contribution in [1.82, 2.24) is 0 Å². The molecule has 0 aliphatic carbocycles. The number of hydrogen-bond donors (Lipinski definition) is 0. The van der Waals surface area contributed by atoms with Gasteiger partial charge in [0, 0.05) is 12.2 Å². The Morgan fingerprint density at radius 2 is 1.96 bits per heavy atom. The number of hydrogen-bond acceptors (Lipinski definition) is 3. The summed E-state index contributed by atoms with van der Waals surface area (Å²) >= 11 is 6.19. The van der Waals surface area contributed by atoms with Crippen molar-refractivity contribution < 1.29 is 14.3 Å². The molecule has 0 saturated carbocycles. The van der Waals surface area contributed by atoms with Gasteiger partial charge in [0.15, 0.2) is 11.8 Å². The molecule has 0 radical (unpaired) electrons. The van der Waals surface area contributed by atoms with Crippen LogP contribution in [0.3, 0.4) is 0 Å². The van der Waals surface area contributed by atoms with Gasteiger partial charge in [-0.2, -0.15) is 0 Å². The summed E-state index contributed by atoms with van der Waals surface area (Å²) in [7, 11) is 0.0298. The number of carbonyl (C=O) groups excluding carboxylic acids is 1. The Morgan fingerprint density at radius 1 is 1.21 bits per heavy atom. The molecule has 0 heterocycles. The van der Waals surface area contributed by atoms with E-state index in [0.717, 1.165) is 22.2 Å². The fraction of sp³-hybridized carbons (Fsp3) is 0.316. The normalized spacial score (nSPS) is 12.5. The number of carbonyl (C=O) groups is 1. The second kappa shape index (κ2) is 8.62. The molecule has 2 aromatic carbocycles. The molecule has 0 N–H and O–H groups in total. The minimum Gasteiger partial charge on any atom is -0.465 e. The van der Waals surface area contributed by atoms with Crippen molar-refractivity contribution >= 4 is 31.0 Å². The summed E-state index contributed by atoms with van der Waals surface area (Å²) in [5.41, 5.74) is 2.59. The third-order valence-corrected chi connectivity index (χ3v) is 5.22. The topological polar surface area (TPSA) is 35.5 Å². The lowest BCUT2D eigenvalue weighted by molar-refractivity contribution is -0.0613. The van der Waals surface area contributed by atoms with E-state index in [1.165, 1.54) is 0 Å². The van der Waals surface area contributed by atoms with Crippen LogP contribution in [0.4, 0.5) is 0 Å². The van der Waals surface area contributed by atoms with Gasteiger partial charge in [-0.05, 0) is 70.9 Å². The van der Waals surface area contributed by atoms with Gasteiger partial charge >= 0.3 is 0 Å². The highest BCUT2D eigenvalue weighted by Gasteiger charge is 2.15. The average Bonchev–Trinajstić information content (AvgIpc) is 2.50. The monoisotopic (exact) mass is 364 g/mol. The van der Waals surface area contributed by atoms with Gasteiger partial charge in [0.1, 0.15) is 5.75 Å². The van der Waals surface area contributed by atoms with Crippen LogP contribution in [-0.4, -0.2) is 18.4 Å². The van der Waals surface area contributed by atoms with E-state index < -0.39 is 0 Å². The van der Waals surface area contributed by atoms with E-state index in [1.807, 2.05) is 58.0 Å². The Kier molecular flexibility index (Phi) is 6.79. The standard InChI is InChI=1S/C19H22ClO3P/c1-5-22-14(4)23-15-9-10-17(13(3)11-15)24-19(21)18-12(2)7-6-8-16(18)20/h6-11,14,24H,5H2,1-4H3. The van der Waals surface area contributed by atoms with E-state index in [9.17, 15) is 4.79 Å². The first-order valence-electron chi connectivity index (χ1n) is 7.87. The van der Waals surface area contributed by atoms with Crippen LogP contribution in [0.1, 0.15) is 35.3 Å². The van der Waals surface area contributed by atoms with Crippen LogP contribution in [0.2, 0.25) is 5.02 Å². The molecule has 0 aliphatic heterocycles. The van der Waals surface area contributed by atoms with Crippen molar-refractivity contribution in [2.24, 2.45) is 0 Å². The largest absolute Gasteiger partial charge is 0.465 e. The zero-order valence-electron chi connectivity index (χ0n) is 14.4. The smallest absolute Gasteiger partial charge is 0.196 e. The van der Waals surface area contributed by atoms with Gasteiger partial charge < -0.3 is 9.47 Å². The van der Waals surface area contributed by atoms with E-state index in [4.69, 9.17) is 21.1 Å². The van der Waals surface area contributed by atoms with Gasteiger partial charge in [0.2, 0.25) is 0 Å². The van der Waals surface area contributed by atoms with E-state index in [-0.39, 0.29) is 20.4 Å². The summed E-state index contributed by atoms with van der Waals surface area (Å²) in [6, 6.07) is 11.3. The number of aryl methyl sites for hydroxylation is 2. The SMILES string of the molecule is CCOC(C)Oc1ccc(PC(=O)c2c(C)cccc2Cl)c(C)c1. The Morgan fingerprint density at radius 3 is 2.58 bits per heavy atom. The molecule has 128 valence electrons. The van der Waals surface area contributed by atoms with E-state index in [1.54, 1.807) is 6.07 Å². The maximum Gasteiger partial charge on any atom is 0.196 e. The molecule has 2 rings (SSSR count). The maximum absolute atomic E-state index is 12.6. The number of ether oxygens (including phenoxy) is 2. The van der Waals surface area contributed by atoms with Crippen molar-refractivity contribution in [1.29, 1.82) is 0 Å². The molecule has 0 aliphatic rings. The van der Waals surface area contributed by atoms with Gasteiger partial charge in [-0.25, -0.2) is 0 Å². The van der Waals surface area contributed by atoms with E-state index in [2.05, 4.69) is 0 Å². The zero-order chi connectivity index (χ0) is 17.7. The predicted octanol–water partition coefficient (Wildman–Crippen LogP) is 4.86. The second-order valence-electron chi connectivity index (χ2n) is 5.50. The molecule has 3 nitrogen and oxygen atoms in total. The molecule has 0 spiro atoms. The zero-order valence-corrected chi connectivity index (χ0v) is 16.1. The lowest BCUT2D eigenvalue weighted by Crippen LogP contribution is -2.16. The van der Waals surface area contributed by atoms with Crippen LogP contribution >= 0.6 is 20.2 Å². The molecule has 2 aromatic rings. The van der Waals surface area contributed by atoms with Crippen molar-refractivity contribution in [2.75, 3.05) is 6.61 Å². The van der Waals surface area contributed by atoms with Crippen LogP contribution in [0.15, 0.2) is 36.4 Å². The predicted molar refractivity (Wildman–Crippen MR) is 101 cm³/mol. The first-order valence-corrected chi connectivity index (χ1v) is 9.25. The fourth-order valence-electron chi connectivity index (χ4n) is 2.41. The second-order valence-corrected chi connectivity index (χ2v) is 7.15. The van der Waals surface area contributed by atoms with E-state index in [0.29, 0.717) is 17.2 Å². The summed E-state index contributed by atoms with van der Waals surface area (Å²) in [5.74, 6) is 0.739. The van der Waals surface area contributed by atoms with Crippen LogP contribution < -0.4 is 10.0 Å². The molecule has 0 amide bonds. The molecule has 2 atom stereocenters. The molecule has 2 unspecified atom stereocenters. The Bertz CT molecular complexity index is 710. The summed E-state index contributed by atoms with van der Waals surface area (Å²) < 4.78 is 11.1. The van der Waals surface area contributed by atoms with Gasteiger partial charge in [-0.1, -0.05) is 29.8 Å².